The van der Waals surface area contributed by atoms with Gasteiger partial charge in [0.25, 0.3) is 0 Å². The topological polar surface area (TPSA) is 208 Å². The Morgan fingerprint density at radius 1 is 0.875 bits per heavy atom. The number of hydrogen-bond acceptors (Lipinski definition) is 8. The summed E-state index contributed by atoms with van der Waals surface area (Å²) in [5.74, 6) is -4.29. The lowest BCUT2D eigenvalue weighted by Crippen LogP contribution is -2.57. The van der Waals surface area contributed by atoms with Crippen molar-refractivity contribution in [3.8, 4) is 0 Å². The molecule has 0 aliphatic heterocycles. The maximum Gasteiger partial charge on any atom is 0.328 e. The summed E-state index contributed by atoms with van der Waals surface area (Å²) in [6.07, 6.45) is 1.71. The molecule has 0 aliphatic carbocycles. The van der Waals surface area contributed by atoms with Gasteiger partial charge in [0, 0.05) is 6.42 Å². The fourth-order valence-corrected chi connectivity index (χ4v) is 3.11. The van der Waals surface area contributed by atoms with Crippen LogP contribution < -0.4 is 21.7 Å². The molecule has 3 amide bonds. The maximum absolute atomic E-state index is 12.8. The summed E-state index contributed by atoms with van der Waals surface area (Å²) < 4.78 is 0. The number of aliphatic hydroxyl groups is 1. The van der Waals surface area contributed by atoms with E-state index in [1.54, 1.807) is 0 Å². The van der Waals surface area contributed by atoms with Crippen LogP contribution in [0.15, 0.2) is 0 Å². The molecule has 0 spiro atoms. The molecule has 4 unspecified atom stereocenters. The molecule has 0 saturated carbocycles. The smallest absolute Gasteiger partial charge is 0.328 e. The molecule has 0 aromatic carbocycles. The molecule has 0 bridgehead atoms. The summed E-state index contributed by atoms with van der Waals surface area (Å²) in [6.45, 7) is 2.77. The van der Waals surface area contributed by atoms with Crippen molar-refractivity contribution in [1.29, 1.82) is 0 Å². The number of carbonyl (C=O) groups is 5. The normalized spacial score (nSPS) is 14.7. The van der Waals surface area contributed by atoms with Gasteiger partial charge in [-0.1, -0.05) is 13.8 Å². The first-order chi connectivity index (χ1) is 14.9. The van der Waals surface area contributed by atoms with Gasteiger partial charge in [0.2, 0.25) is 17.7 Å². The number of amides is 3. The van der Waals surface area contributed by atoms with Crippen LogP contribution >= 0.6 is 11.8 Å². The highest BCUT2D eigenvalue weighted by atomic mass is 32.2. The van der Waals surface area contributed by atoms with E-state index in [-0.39, 0.29) is 18.8 Å². The molecule has 0 aromatic rings. The quantitative estimate of drug-likeness (QED) is 0.137. The van der Waals surface area contributed by atoms with E-state index in [0.717, 1.165) is 0 Å². The highest BCUT2D eigenvalue weighted by Crippen LogP contribution is 2.08. The minimum absolute atomic E-state index is 0.00875. The molecule has 32 heavy (non-hydrogen) atoms. The second-order valence-corrected chi connectivity index (χ2v) is 8.64. The first kappa shape index (κ1) is 29.6. The minimum Gasteiger partial charge on any atom is -0.481 e. The van der Waals surface area contributed by atoms with Crippen molar-refractivity contribution in [3.05, 3.63) is 0 Å². The van der Waals surface area contributed by atoms with E-state index < -0.39 is 66.9 Å². The Balaban J connectivity index is 5.43. The molecule has 0 aromatic heterocycles. The van der Waals surface area contributed by atoms with Gasteiger partial charge in [0.15, 0.2) is 0 Å². The first-order valence-corrected chi connectivity index (χ1v) is 11.5. The molecule has 12 nitrogen and oxygen atoms in total. The summed E-state index contributed by atoms with van der Waals surface area (Å²) >= 11 is 1.52. The Hall–Kier alpha value is -2.38. The highest BCUT2D eigenvalue weighted by molar-refractivity contribution is 7.98. The fourth-order valence-electron chi connectivity index (χ4n) is 2.62. The molecular weight excluding hydrogens is 444 g/mol. The van der Waals surface area contributed by atoms with Gasteiger partial charge in [0.1, 0.15) is 18.1 Å². The summed E-state index contributed by atoms with van der Waals surface area (Å²) in [5.41, 5.74) is 5.85. The average Bonchev–Trinajstić information content (AvgIpc) is 2.71. The molecule has 4 atom stereocenters. The zero-order valence-corrected chi connectivity index (χ0v) is 19.3. The number of nitrogens with two attached hydrogens (primary N) is 1. The van der Waals surface area contributed by atoms with Crippen LogP contribution in [0.5, 0.6) is 0 Å². The molecule has 0 aliphatic rings. The average molecular weight is 479 g/mol. The van der Waals surface area contributed by atoms with Crippen LogP contribution in [0.25, 0.3) is 0 Å². The molecule has 8 N–H and O–H groups in total. The lowest BCUT2D eigenvalue weighted by molar-refractivity contribution is -0.144. The lowest BCUT2D eigenvalue weighted by atomic mass is 10.0. The van der Waals surface area contributed by atoms with E-state index in [0.29, 0.717) is 12.2 Å². The van der Waals surface area contributed by atoms with Crippen molar-refractivity contribution in [2.45, 2.75) is 63.7 Å². The number of carboxylic acids is 2. The molecule has 0 fully saturated rings. The number of rotatable bonds is 16. The molecule has 13 heteroatoms. The van der Waals surface area contributed by atoms with Gasteiger partial charge in [-0.05, 0) is 37.2 Å². The van der Waals surface area contributed by atoms with Gasteiger partial charge in [-0.3, -0.25) is 19.2 Å². The second-order valence-electron chi connectivity index (χ2n) is 7.65. The van der Waals surface area contributed by atoms with E-state index in [4.69, 9.17) is 21.1 Å². The second kappa shape index (κ2) is 15.4. The van der Waals surface area contributed by atoms with Gasteiger partial charge in [0.05, 0.1) is 12.6 Å². The maximum atomic E-state index is 12.8. The van der Waals surface area contributed by atoms with Crippen molar-refractivity contribution in [2.24, 2.45) is 11.7 Å². The van der Waals surface area contributed by atoms with Crippen molar-refractivity contribution < 1.29 is 39.3 Å². The SMILES string of the molecule is CSCCC(N)C(=O)NC(CC(C)C)C(=O)NC(CCC(=O)O)C(=O)NC(CO)C(=O)O. The molecule has 0 rings (SSSR count). The van der Waals surface area contributed by atoms with E-state index in [1.165, 1.54) is 11.8 Å². The summed E-state index contributed by atoms with van der Waals surface area (Å²) in [7, 11) is 0. The first-order valence-electron chi connectivity index (χ1n) is 10.1. The number of hydrogen-bond donors (Lipinski definition) is 7. The van der Waals surface area contributed by atoms with Crippen molar-refractivity contribution in [3.63, 3.8) is 0 Å². The molecule has 0 saturated heterocycles. The van der Waals surface area contributed by atoms with Crippen LogP contribution in [-0.4, -0.2) is 87.8 Å². The third kappa shape index (κ3) is 11.9. The van der Waals surface area contributed by atoms with Gasteiger partial charge in [-0.25, -0.2) is 4.79 Å². The van der Waals surface area contributed by atoms with Gasteiger partial charge >= 0.3 is 11.9 Å². The molecular formula is C19H34N4O8S. The molecule has 0 radical (unpaired) electrons. The zero-order valence-electron chi connectivity index (χ0n) is 18.5. The van der Waals surface area contributed by atoms with Crippen molar-refractivity contribution >= 4 is 41.4 Å². The Bertz CT molecular complexity index is 661. The van der Waals surface area contributed by atoms with Crippen molar-refractivity contribution in [1.82, 2.24) is 16.0 Å². The van der Waals surface area contributed by atoms with Crippen LogP contribution in [0.3, 0.4) is 0 Å². The van der Waals surface area contributed by atoms with Crippen LogP contribution in [0.1, 0.15) is 39.5 Å². The zero-order chi connectivity index (χ0) is 24.8. The molecule has 184 valence electrons. The fraction of sp³-hybridized carbons (Fsp3) is 0.737. The number of aliphatic hydroxyl groups excluding tert-OH is 1. The monoisotopic (exact) mass is 478 g/mol. The minimum atomic E-state index is -1.62. The summed E-state index contributed by atoms with van der Waals surface area (Å²) in [6, 6.07) is -4.86. The van der Waals surface area contributed by atoms with Gasteiger partial charge in [-0.2, -0.15) is 11.8 Å². The van der Waals surface area contributed by atoms with Gasteiger partial charge in [-0.15, -0.1) is 0 Å². The number of thioether (sulfide) groups is 1. The Kier molecular flexibility index (Phi) is 14.3. The van der Waals surface area contributed by atoms with E-state index in [9.17, 15) is 24.0 Å². The van der Waals surface area contributed by atoms with Crippen LogP contribution in [0, 0.1) is 5.92 Å². The Morgan fingerprint density at radius 3 is 1.88 bits per heavy atom. The third-order valence-electron chi connectivity index (χ3n) is 4.39. The number of nitrogens with one attached hydrogen (secondary N) is 3. The summed E-state index contributed by atoms with van der Waals surface area (Å²) in [5, 5.41) is 34.0. The number of aliphatic carboxylic acids is 2. The Labute approximate surface area is 191 Å². The largest absolute Gasteiger partial charge is 0.481 e. The Morgan fingerprint density at radius 2 is 1.41 bits per heavy atom. The number of carbonyl (C=O) groups excluding carboxylic acids is 3. The van der Waals surface area contributed by atoms with Crippen LogP contribution in [0.4, 0.5) is 0 Å². The summed E-state index contributed by atoms with van der Waals surface area (Å²) in [4.78, 5) is 59.6. The van der Waals surface area contributed by atoms with Crippen LogP contribution in [-0.2, 0) is 24.0 Å². The van der Waals surface area contributed by atoms with Gasteiger partial charge < -0.3 is 37.0 Å². The number of carboxylic acid groups (broad SMARTS) is 2. The third-order valence-corrected chi connectivity index (χ3v) is 5.03. The van der Waals surface area contributed by atoms with E-state index in [2.05, 4.69) is 16.0 Å². The van der Waals surface area contributed by atoms with Crippen molar-refractivity contribution in [2.75, 3.05) is 18.6 Å². The predicted octanol–water partition coefficient (Wildman–Crippen LogP) is -1.49. The van der Waals surface area contributed by atoms with E-state index >= 15 is 0 Å². The predicted molar refractivity (Wildman–Crippen MR) is 118 cm³/mol. The van der Waals surface area contributed by atoms with Crippen LogP contribution in [0.2, 0.25) is 0 Å². The molecule has 0 heterocycles. The highest BCUT2D eigenvalue weighted by Gasteiger charge is 2.30. The van der Waals surface area contributed by atoms with E-state index in [1.807, 2.05) is 20.1 Å². The lowest BCUT2D eigenvalue weighted by Gasteiger charge is -2.25. The standard InChI is InChI=1S/C19H34N4O8S/c1-10(2)8-13(22-16(27)11(20)6-7-32-3)18(29)21-12(4-5-15(25)26)17(28)23-14(9-24)19(30)31/h10-14,24H,4-9,20H2,1-3H3,(H,21,29)(H,22,27)(H,23,28)(H,25,26)(H,30,31).